The number of nitrogens with zero attached hydrogens (tertiary/aromatic N) is 3. The fourth-order valence-corrected chi connectivity index (χ4v) is 7.17. The lowest BCUT2D eigenvalue weighted by atomic mass is 9.94. The molecule has 2 fully saturated rings. The van der Waals surface area contributed by atoms with Gasteiger partial charge in [-0.15, -0.1) is 0 Å². The highest BCUT2D eigenvalue weighted by Crippen LogP contribution is 2.40. The van der Waals surface area contributed by atoms with E-state index < -0.39 is 5.82 Å². The van der Waals surface area contributed by atoms with Gasteiger partial charge in [0.1, 0.15) is 11.5 Å². The molecule has 1 saturated heterocycles. The van der Waals surface area contributed by atoms with E-state index in [0.717, 1.165) is 53.4 Å². The van der Waals surface area contributed by atoms with E-state index in [1.807, 2.05) is 35.2 Å². The number of carbonyl (C=O) groups is 1. The molecule has 40 heavy (non-hydrogen) atoms. The number of benzene rings is 3. The standard InChI is InChI=1S/C32H28Cl2FN3OS/c1-20-25(24-11-5-8-14-29(24)37(20)19-21-15-16-22(33)17-26(21)34)18-30-31(39)38(23-9-3-2-4-10-23)32(40-30)36-28-13-7-6-12-27(28)35/h5-8,11-18,23H,2-4,9-10,19H2,1H3/b30-18-,36-32?. The Morgan fingerprint density at radius 2 is 1.77 bits per heavy atom. The summed E-state index contributed by atoms with van der Waals surface area (Å²) in [6.07, 6.45) is 7.15. The Labute approximate surface area is 247 Å². The van der Waals surface area contributed by atoms with Gasteiger partial charge in [-0.05, 0) is 73.5 Å². The van der Waals surface area contributed by atoms with Crippen molar-refractivity contribution in [1.82, 2.24) is 9.47 Å². The first-order chi connectivity index (χ1) is 19.4. The summed E-state index contributed by atoms with van der Waals surface area (Å²) < 4.78 is 16.8. The van der Waals surface area contributed by atoms with Gasteiger partial charge in [-0.3, -0.25) is 9.69 Å². The molecule has 6 rings (SSSR count). The van der Waals surface area contributed by atoms with Crippen LogP contribution in [0.25, 0.3) is 17.0 Å². The van der Waals surface area contributed by atoms with Gasteiger partial charge in [0, 0.05) is 44.8 Å². The van der Waals surface area contributed by atoms with Crippen LogP contribution in [-0.4, -0.2) is 26.6 Å². The van der Waals surface area contributed by atoms with Crippen molar-refractivity contribution in [3.63, 3.8) is 0 Å². The highest BCUT2D eigenvalue weighted by atomic mass is 35.5. The van der Waals surface area contributed by atoms with E-state index in [2.05, 4.69) is 28.6 Å². The summed E-state index contributed by atoms with van der Waals surface area (Å²) in [6, 6.07) is 20.2. The number of carbonyl (C=O) groups excluding carboxylic acids is 1. The van der Waals surface area contributed by atoms with E-state index in [-0.39, 0.29) is 17.6 Å². The van der Waals surface area contributed by atoms with Gasteiger partial charge in [0.25, 0.3) is 5.91 Å². The summed E-state index contributed by atoms with van der Waals surface area (Å²) in [5.41, 5.74) is 4.26. The Bertz CT molecular complexity index is 1670. The highest BCUT2D eigenvalue weighted by Gasteiger charge is 2.39. The van der Waals surface area contributed by atoms with Crippen LogP contribution in [0.15, 0.2) is 76.6 Å². The summed E-state index contributed by atoms with van der Waals surface area (Å²) in [5.74, 6) is -0.465. The SMILES string of the molecule is Cc1c(/C=C2\SC(=Nc3ccccc3F)N(C3CCCCC3)C2=O)c2ccccc2n1Cc1ccc(Cl)cc1Cl. The van der Waals surface area contributed by atoms with Crippen molar-refractivity contribution in [2.45, 2.75) is 51.6 Å². The van der Waals surface area contributed by atoms with Crippen LogP contribution >= 0.6 is 35.0 Å². The summed E-state index contributed by atoms with van der Waals surface area (Å²) in [7, 11) is 0. The molecule has 204 valence electrons. The van der Waals surface area contributed by atoms with Crippen LogP contribution < -0.4 is 0 Å². The van der Waals surface area contributed by atoms with Crippen molar-refractivity contribution in [3.05, 3.63) is 104 Å². The molecule has 2 aliphatic rings. The van der Waals surface area contributed by atoms with E-state index in [1.54, 1.807) is 24.3 Å². The molecule has 1 saturated carbocycles. The number of hydrogen-bond donors (Lipinski definition) is 0. The number of halogens is 3. The number of rotatable bonds is 5. The Hall–Kier alpha value is -3.06. The van der Waals surface area contributed by atoms with E-state index in [9.17, 15) is 9.18 Å². The molecular formula is C32H28Cl2FN3OS. The molecule has 0 radical (unpaired) electrons. The second-order valence-electron chi connectivity index (χ2n) is 10.3. The van der Waals surface area contributed by atoms with Crippen molar-refractivity contribution in [1.29, 1.82) is 0 Å². The number of amides is 1. The van der Waals surface area contributed by atoms with Gasteiger partial charge in [-0.25, -0.2) is 9.38 Å². The molecule has 1 aromatic heterocycles. The lowest BCUT2D eigenvalue weighted by molar-refractivity contribution is -0.124. The predicted molar refractivity (Wildman–Crippen MR) is 165 cm³/mol. The van der Waals surface area contributed by atoms with Crippen molar-refractivity contribution < 1.29 is 9.18 Å². The lowest BCUT2D eigenvalue weighted by Gasteiger charge is -2.30. The van der Waals surface area contributed by atoms with Crippen molar-refractivity contribution in [3.8, 4) is 0 Å². The topological polar surface area (TPSA) is 37.6 Å². The number of amidine groups is 1. The Morgan fingerprint density at radius 3 is 2.55 bits per heavy atom. The van der Waals surface area contributed by atoms with Gasteiger partial charge in [-0.2, -0.15) is 0 Å². The fraction of sp³-hybridized carbons (Fsp3) is 0.250. The molecule has 3 aromatic carbocycles. The first kappa shape index (κ1) is 27.1. The van der Waals surface area contributed by atoms with Gasteiger partial charge in [-0.1, -0.05) is 78.9 Å². The smallest absolute Gasteiger partial charge is 0.267 e. The van der Waals surface area contributed by atoms with Gasteiger partial charge in [0.2, 0.25) is 0 Å². The van der Waals surface area contributed by atoms with Crippen LogP contribution in [0.3, 0.4) is 0 Å². The van der Waals surface area contributed by atoms with Crippen molar-refractivity contribution in [2.24, 2.45) is 4.99 Å². The minimum atomic E-state index is -0.399. The zero-order valence-electron chi connectivity index (χ0n) is 22.0. The second kappa shape index (κ2) is 11.4. The Balaban J connectivity index is 1.43. The number of fused-ring (bicyclic) bond motifs is 1. The first-order valence-corrected chi connectivity index (χ1v) is 15.1. The normalized spacial score (nSPS) is 18.5. The average Bonchev–Trinajstić information content (AvgIpc) is 3.40. The monoisotopic (exact) mass is 591 g/mol. The number of thioether (sulfide) groups is 1. The largest absolute Gasteiger partial charge is 0.340 e. The van der Waals surface area contributed by atoms with E-state index >= 15 is 0 Å². The van der Waals surface area contributed by atoms with Crippen LogP contribution in [0.2, 0.25) is 10.0 Å². The summed E-state index contributed by atoms with van der Waals surface area (Å²) in [6.45, 7) is 2.63. The minimum absolute atomic E-state index is 0.0658. The van der Waals surface area contributed by atoms with Crippen LogP contribution in [0.5, 0.6) is 0 Å². The van der Waals surface area contributed by atoms with Gasteiger partial charge < -0.3 is 4.57 Å². The lowest BCUT2D eigenvalue weighted by Crippen LogP contribution is -2.40. The molecule has 0 bridgehead atoms. The Morgan fingerprint density at radius 1 is 1.02 bits per heavy atom. The van der Waals surface area contributed by atoms with Crippen LogP contribution in [-0.2, 0) is 11.3 Å². The number of para-hydroxylation sites is 2. The predicted octanol–water partition coefficient (Wildman–Crippen LogP) is 9.38. The van der Waals surface area contributed by atoms with E-state index in [0.29, 0.717) is 26.7 Å². The fourth-order valence-electron chi connectivity index (χ4n) is 5.67. The molecule has 1 amide bonds. The number of aliphatic imine (C=N–C) groups is 1. The third-order valence-corrected chi connectivity index (χ3v) is 9.31. The number of hydrogen-bond acceptors (Lipinski definition) is 3. The van der Waals surface area contributed by atoms with E-state index in [4.69, 9.17) is 23.2 Å². The zero-order chi connectivity index (χ0) is 27.8. The molecule has 2 heterocycles. The average molecular weight is 593 g/mol. The minimum Gasteiger partial charge on any atom is -0.340 e. The maximum atomic E-state index is 14.6. The quantitative estimate of drug-likeness (QED) is 0.217. The summed E-state index contributed by atoms with van der Waals surface area (Å²) in [5, 5.41) is 2.81. The zero-order valence-corrected chi connectivity index (χ0v) is 24.4. The molecule has 1 aliphatic carbocycles. The molecule has 0 atom stereocenters. The molecular weight excluding hydrogens is 564 g/mol. The third kappa shape index (κ3) is 5.20. The summed E-state index contributed by atoms with van der Waals surface area (Å²) >= 11 is 14.0. The highest BCUT2D eigenvalue weighted by molar-refractivity contribution is 8.18. The first-order valence-electron chi connectivity index (χ1n) is 13.5. The molecule has 4 nitrogen and oxygen atoms in total. The van der Waals surface area contributed by atoms with Gasteiger partial charge in [0.05, 0.1) is 4.91 Å². The van der Waals surface area contributed by atoms with Crippen molar-refractivity contribution in [2.75, 3.05) is 0 Å². The number of aromatic nitrogens is 1. The third-order valence-electron chi connectivity index (χ3n) is 7.74. The van der Waals surface area contributed by atoms with Crippen molar-refractivity contribution >= 4 is 68.7 Å². The maximum Gasteiger partial charge on any atom is 0.267 e. The molecule has 8 heteroatoms. The maximum absolute atomic E-state index is 14.6. The van der Waals surface area contributed by atoms with Crippen LogP contribution in [0.4, 0.5) is 10.1 Å². The Kier molecular flexibility index (Phi) is 7.76. The van der Waals surface area contributed by atoms with Crippen LogP contribution in [0, 0.1) is 12.7 Å². The molecule has 0 N–H and O–H groups in total. The van der Waals surface area contributed by atoms with Crippen LogP contribution in [0.1, 0.15) is 48.9 Å². The molecule has 0 unspecified atom stereocenters. The second-order valence-corrected chi connectivity index (χ2v) is 12.1. The van der Waals surface area contributed by atoms with E-state index in [1.165, 1.54) is 24.2 Å². The van der Waals surface area contributed by atoms with Gasteiger partial charge >= 0.3 is 0 Å². The van der Waals surface area contributed by atoms with Gasteiger partial charge in [0.15, 0.2) is 5.17 Å². The molecule has 1 aliphatic heterocycles. The molecule has 0 spiro atoms. The summed E-state index contributed by atoms with van der Waals surface area (Å²) in [4.78, 5) is 21.0. The molecule has 4 aromatic rings.